The second-order valence-corrected chi connectivity index (χ2v) is 4.52. The summed E-state index contributed by atoms with van der Waals surface area (Å²) in [6.45, 7) is 5.26. The summed E-state index contributed by atoms with van der Waals surface area (Å²) in [4.78, 5) is 26.8. The highest BCUT2D eigenvalue weighted by atomic mass is 16.2. The third kappa shape index (κ3) is 2.78. The zero-order valence-corrected chi connectivity index (χ0v) is 9.99. The second-order valence-electron chi connectivity index (χ2n) is 4.52. The molecule has 15 heavy (non-hydrogen) atoms. The van der Waals surface area contributed by atoms with E-state index in [-0.39, 0.29) is 17.9 Å². The van der Waals surface area contributed by atoms with Crippen molar-refractivity contribution in [3.05, 3.63) is 0 Å². The van der Waals surface area contributed by atoms with Gasteiger partial charge in [0.15, 0.2) is 0 Å². The number of amides is 1. The van der Waals surface area contributed by atoms with Gasteiger partial charge in [0, 0.05) is 39.5 Å². The molecule has 1 rings (SSSR count). The van der Waals surface area contributed by atoms with Gasteiger partial charge in [-0.05, 0) is 6.92 Å². The lowest BCUT2D eigenvalue weighted by atomic mass is 9.97. The van der Waals surface area contributed by atoms with Crippen LogP contribution in [0.5, 0.6) is 0 Å². The summed E-state index contributed by atoms with van der Waals surface area (Å²) in [6, 6.07) is -0.115. The van der Waals surface area contributed by atoms with E-state index in [1.54, 1.807) is 19.0 Å². The van der Waals surface area contributed by atoms with Gasteiger partial charge in [-0.25, -0.2) is 0 Å². The Morgan fingerprint density at radius 1 is 1.53 bits per heavy atom. The molecule has 4 nitrogen and oxygen atoms in total. The number of nitrogens with zero attached hydrogens (tertiary/aromatic N) is 2. The molecule has 0 aromatic heterocycles. The van der Waals surface area contributed by atoms with Crippen LogP contribution in [0.25, 0.3) is 0 Å². The molecule has 0 saturated carbocycles. The molecule has 0 radical (unpaired) electrons. The Bertz CT molecular complexity index is 263. The van der Waals surface area contributed by atoms with Gasteiger partial charge in [0.25, 0.3) is 0 Å². The van der Waals surface area contributed by atoms with E-state index in [0.717, 1.165) is 0 Å². The number of carbonyl (C=O) groups excluding carboxylic acids is 2. The van der Waals surface area contributed by atoms with Crippen LogP contribution in [0.3, 0.4) is 0 Å². The summed E-state index contributed by atoms with van der Waals surface area (Å²) in [6.07, 6.45) is 0.576. The van der Waals surface area contributed by atoms with Crippen molar-refractivity contribution in [2.24, 2.45) is 5.92 Å². The van der Waals surface area contributed by atoms with E-state index in [1.165, 1.54) is 0 Å². The van der Waals surface area contributed by atoms with Crippen molar-refractivity contribution < 1.29 is 9.59 Å². The van der Waals surface area contributed by atoms with Crippen molar-refractivity contribution in [2.45, 2.75) is 26.3 Å². The maximum absolute atomic E-state index is 11.7. The van der Waals surface area contributed by atoms with E-state index in [2.05, 4.69) is 4.90 Å². The quantitative estimate of drug-likeness (QED) is 0.664. The monoisotopic (exact) mass is 212 g/mol. The highest BCUT2D eigenvalue weighted by Gasteiger charge is 2.30. The van der Waals surface area contributed by atoms with Crippen LogP contribution in [0.1, 0.15) is 20.3 Å². The molecule has 2 unspecified atom stereocenters. The number of Topliss-reactive ketones (excluding diaryl/α,β-unsaturated/α-hetero) is 1. The molecule has 1 heterocycles. The fourth-order valence-corrected chi connectivity index (χ4v) is 1.93. The summed E-state index contributed by atoms with van der Waals surface area (Å²) < 4.78 is 0. The molecule has 1 aliphatic rings. The first-order valence-corrected chi connectivity index (χ1v) is 5.41. The summed E-state index contributed by atoms with van der Waals surface area (Å²) in [5.74, 6) is 0.489. The molecule has 1 saturated heterocycles. The van der Waals surface area contributed by atoms with Crippen LogP contribution in [0.2, 0.25) is 0 Å². The molecule has 0 aromatic rings. The predicted molar refractivity (Wildman–Crippen MR) is 58.5 cm³/mol. The third-order valence-corrected chi connectivity index (χ3v) is 3.05. The third-order valence-electron chi connectivity index (χ3n) is 3.05. The molecule has 1 fully saturated rings. The molecule has 2 atom stereocenters. The molecule has 0 bridgehead atoms. The van der Waals surface area contributed by atoms with Gasteiger partial charge in [0.1, 0.15) is 5.78 Å². The fourth-order valence-electron chi connectivity index (χ4n) is 1.93. The standard InChI is InChI=1S/C11H20N2O2/c1-8-7-13(6-5-10(8)14)9(2)11(15)12(3)4/h8-9H,5-7H2,1-4H3. The van der Waals surface area contributed by atoms with E-state index in [9.17, 15) is 9.59 Å². The summed E-state index contributed by atoms with van der Waals surface area (Å²) >= 11 is 0. The van der Waals surface area contributed by atoms with Crippen molar-refractivity contribution in [1.29, 1.82) is 0 Å². The highest BCUT2D eigenvalue weighted by Crippen LogP contribution is 2.15. The Kier molecular flexibility index (Phi) is 3.85. The largest absolute Gasteiger partial charge is 0.347 e. The van der Waals surface area contributed by atoms with Crippen molar-refractivity contribution in [3.8, 4) is 0 Å². The second kappa shape index (κ2) is 4.75. The van der Waals surface area contributed by atoms with Crippen LogP contribution < -0.4 is 0 Å². The van der Waals surface area contributed by atoms with Gasteiger partial charge >= 0.3 is 0 Å². The number of ketones is 1. The van der Waals surface area contributed by atoms with Crippen LogP contribution in [0, 0.1) is 5.92 Å². The first kappa shape index (κ1) is 12.2. The van der Waals surface area contributed by atoms with Gasteiger partial charge in [-0.3, -0.25) is 14.5 Å². The van der Waals surface area contributed by atoms with Crippen LogP contribution in [0.15, 0.2) is 0 Å². The fraction of sp³-hybridized carbons (Fsp3) is 0.818. The highest BCUT2D eigenvalue weighted by molar-refractivity contribution is 5.83. The molecule has 4 heteroatoms. The van der Waals surface area contributed by atoms with Crippen molar-refractivity contribution in [1.82, 2.24) is 9.80 Å². The molecule has 0 aliphatic carbocycles. The first-order chi connectivity index (χ1) is 6.93. The number of rotatable bonds is 2. The lowest BCUT2D eigenvalue weighted by Gasteiger charge is -2.34. The van der Waals surface area contributed by atoms with Crippen LogP contribution in [0.4, 0.5) is 0 Å². The smallest absolute Gasteiger partial charge is 0.239 e. The van der Waals surface area contributed by atoms with Gasteiger partial charge in [-0.2, -0.15) is 0 Å². The van der Waals surface area contributed by atoms with E-state index in [1.807, 2.05) is 13.8 Å². The molecular weight excluding hydrogens is 192 g/mol. The average molecular weight is 212 g/mol. The van der Waals surface area contributed by atoms with Crippen molar-refractivity contribution in [2.75, 3.05) is 27.2 Å². The number of hydrogen-bond donors (Lipinski definition) is 0. The Hall–Kier alpha value is -0.900. The lowest BCUT2D eigenvalue weighted by Crippen LogP contribution is -2.50. The number of piperidine rings is 1. The lowest BCUT2D eigenvalue weighted by molar-refractivity contribution is -0.137. The van der Waals surface area contributed by atoms with Crippen molar-refractivity contribution in [3.63, 3.8) is 0 Å². The van der Waals surface area contributed by atoms with E-state index >= 15 is 0 Å². The van der Waals surface area contributed by atoms with Gasteiger partial charge in [0.2, 0.25) is 5.91 Å². The van der Waals surface area contributed by atoms with Crippen LogP contribution in [-0.2, 0) is 9.59 Å². The van der Waals surface area contributed by atoms with Gasteiger partial charge < -0.3 is 4.90 Å². The van der Waals surface area contributed by atoms with Crippen LogP contribution >= 0.6 is 0 Å². The zero-order chi connectivity index (χ0) is 11.6. The molecule has 0 N–H and O–H groups in total. The molecule has 1 aliphatic heterocycles. The van der Waals surface area contributed by atoms with Gasteiger partial charge in [-0.1, -0.05) is 6.92 Å². The minimum atomic E-state index is -0.115. The average Bonchev–Trinajstić information content (AvgIpc) is 2.19. The topological polar surface area (TPSA) is 40.6 Å². The Labute approximate surface area is 91.2 Å². The van der Waals surface area contributed by atoms with E-state index in [4.69, 9.17) is 0 Å². The Morgan fingerprint density at radius 2 is 2.13 bits per heavy atom. The Morgan fingerprint density at radius 3 is 2.60 bits per heavy atom. The maximum Gasteiger partial charge on any atom is 0.239 e. The summed E-state index contributed by atoms with van der Waals surface area (Å²) in [5.41, 5.74) is 0. The molecular formula is C11H20N2O2. The van der Waals surface area contributed by atoms with Crippen molar-refractivity contribution >= 4 is 11.7 Å². The summed E-state index contributed by atoms with van der Waals surface area (Å²) in [5, 5.41) is 0. The van der Waals surface area contributed by atoms with Gasteiger partial charge in [-0.15, -0.1) is 0 Å². The molecule has 86 valence electrons. The number of likely N-dealkylation sites (N-methyl/N-ethyl adjacent to an activating group) is 1. The maximum atomic E-state index is 11.7. The van der Waals surface area contributed by atoms with E-state index < -0.39 is 0 Å². The van der Waals surface area contributed by atoms with Crippen LogP contribution in [-0.4, -0.2) is 54.7 Å². The number of likely N-dealkylation sites (tertiary alicyclic amines) is 1. The molecule has 0 spiro atoms. The first-order valence-electron chi connectivity index (χ1n) is 5.41. The molecule has 1 amide bonds. The zero-order valence-electron chi connectivity index (χ0n) is 9.99. The predicted octanol–water partition coefficient (Wildman–Crippen LogP) is 0.374. The molecule has 0 aromatic carbocycles. The summed E-state index contributed by atoms with van der Waals surface area (Å²) in [7, 11) is 3.52. The minimum absolute atomic E-state index is 0.0659. The minimum Gasteiger partial charge on any atom is -0.347 e. The normalized spacial score (nSPS) is 25.1. The number of hydrogen-bond acceptors (Lipinski definition) is 3. The SMILES string of the molecule is CC1CN(C(C)C(=O)N(C)C)CCC1=O. The van der Waals surface area contributed by atoms with E-state index in [0.29, 0.717) is 25.3 Å². The number of carbonyl (C=O) groups is 2. The Balaban J connectivity index is 2.58. The van der Waals surface area contributed by atoms with Gasteiger partial charge in [0.05, 0.1) is 6.04 Å².